The lowest BCUT2D eigenvalue weighted by atomic mass is 10.2. The zero-order chi connectivity index (χ0) is 17.8. The minimum atomic E-state index is -0.0567. The number of hydrogen-bond acceptors (Lipinski definition) is 5. The third-order valence-corrected chi connectivity index (χ3v) is 5.36. The van der Waals surface area contributed by atoms with Crippen molar-refractivity contribution in [3.63, 3.8) is 0 Å². The van der Waals surface area contributed by atoms with Gasteiger partial charge in [-0.15, -0.1) is 11.3 Å². The first-order valence-corrected chi connectivity index (χ1v) is 9.07. The summed E-state index contributed by atoms with van der Waals surface area (Å²) in [6.45, 7) is 3.15. The Morgan fingerprint density at radius 3 is 2.64 bits per heavy atom. The lowest BCUT2D eigenvalue weighted by Crippen LogP contribution is -2.52. The minimum Gasteiger partial charge on any atom is -0.497 e. The molecule has 2 amide bonds. The molecule has 0 N–H and O–H groups in total. The van der Waals surface area contributed by atoms with E-state index in [-0.39, 0.29) is 18.4 Å². The van der Waals surface area contributed by atoms with Crippen molar-refractivity contribution in [3.8, 4) is 5.75 Å². The highest BCUT2D eigenvalue weighted by Gasteiger charge is 2.27. The van der Waals surface area contributed by atoms with Crippen LogP contribution in [0.5, 0.6) is 5.75 Å². The molecule has 1 fully saturated rings. The van der Waals surface area contributed by atoms with Gasteiger partial charge >= 0.3 is 0 Å². The molecule has 7 heteroatoms. The normalized spacial score (nSPS) is 14.7. The predicted molar refractivity (Wildman–Crippen MR) is 97.1 cm³/mol. The lowest BCUT2D eigenvalue weighted by molar-refractivity contribution is -0.136. The first-order chi connectivity index (χ1) is 12.1. The summed E-state index contributed by atoms with van der Waals surface area (Å²) in [5.74, 6) is 0.720. The number of carbonyl (C=O) groups excluding carboxylic acids is 2. The van der Waals surface area contributed by atoms with Crippen molar-refractivity contribution in [2.24, 2.45) is 0 Å². The summed E-state index contributed by atoms with van der Waals surface area (Å²) in [6, 6.07) is 7.39. The standard InChI is InChI=1S/C18H21N3O3S/c1-13-16(25-12-19-13)7-8-17(22)20-9-10-21(18(23)11-20)14-3-5-15(24-2)6-4-14/h3-6,12H,7-11H2,1-2H3. The number of piperazine rings is 1. The van der Waals surface area contributed by atoms with Gasteiger partial charge in [-0.1, -0.05) is 0 Å². The molecule has 0 spiro atoms. The van der Waals surface area contributed by atoms with Crippen molar-refractivity contribution in [2.75, 3.05) is 31.6 Å². The van der Waals surface area contributed by atoms with Crippen molar-refractivity contribution in [1.29, 1.82) is 0 Å². The summed E-state index contributed by atoms with van der Waals surface area (Å²) >= 11 is 1.57. The molecule has 1 aliphatic rings. The van der Waals surface area contributed by atoms with E-state index >= 15 is 0 Å². The number of benzene rings is 1. The highest BCUT2D eigenvalue weighted by Crippen LogP contribution is 2.22. The van der Waals surface area contributed by atoms with E-state index < -0.39 is 0 Å². The van der Waals surface area contributed by atoms with Crippen LogP contribution in [0.15, 0.2) is 29.8 Å². The van der Waals surface area contributed by atoms with E-state index in [1.165, 1.54) is 0 Å². The molecule has 1 aromatic heterocycles. The van der Waals surface area contributed by atoms with E-state index in [2.05, 4.69) is 4.98 Å². The largest absolute Gasteiger partial charge is 0.497 e. The van der Waals surface area contributed by atoms with Crippen LogP contribution in [0.3, 0.4) is 0 Å². The van der Waals surface area contributed by atoms with Crippen LogP contribution >= 0.6 is 11.3 Å². The second kappa shape index (κ2) is 7.65. The Morgan fingerprint density at radius 1 is 1.28 bits per heavy atom. The van der Waals surface area contributed by atoms with Crippen LogP contribution in [0, 0.1) is 6.92 Å². The van der Waals surface area contributed by atoms with Crippen LogP contribution < -0.4 is 9.64 Å². The molecule has 3 rings (SSSR count). The summed E-state index contributed by atoms with van der Waals surface area (Å²) in [5, 5.41) is 0. The molecule has 0 unspecified atom stereocenters. The first kappa shape index (κ1) is 17.4. The number of amides is 2. The maximum Gasteiger partial charge on any atom is 0.246 e. The molecule has 25 heavy (non-hydrogen) atoms. The maximum atomic E-state index is 12.4. The SMILES string of the molecule is COc1ccc(N2CCN(C(=O)CCc3scnc3C)CC2=O)cc1. The third-order valence-electron chi connectivity index (χ3n) is 4.37. The van der Waals surface area contributed by atoms with Gasteiger partial charge in [0.25, 0.3) is 0 Å². The molecule has 1 saturated heterocycles. The van der Waals surface area contributed by atoms with Gasteiger partial charge < -0.3 is 14.5 Å². The molecule has 1 aromatic carbocycles. The predicted octanol–water partition coefficient (Wildman–Crippen LogP) is 2.27. The number of ether oxygens (including phenoxy) is 1. The van der Waals surface area contributed by atoms with Crippen molar-refractivity contribution in [2.45, 2.75) is 19.8 Å². The fraction of sp³-hybridized carbons (Fsp3) is 0.389. The number of carbonyl (C=O) groups is 2. The van der Waals surface area contributed by atoms with Gasteiger partial charge in [0.1, 0.15) is 12.3 Å². The van der Waals surface area contributed by atoms with Crippen LogP contribution in [-0.2, 0) is 16.0 Å². The first-order valence-electron chi connectivity index (χ1n) is 8.19. The number of aryl methyl sites for hydroxylation is 2. The Kier molecular flexibility index (Phi) is 5.33. The Balaban J connectivity index is 1.56. The van der Waals surface area contributed by atoms with Crippen molar-refractivity contribution >= 4 is 28.8 Å². The van der Waals surface area contributed by atoms with Gasteiger partial charge in [0, 0.05) is 30.1 Å². The molecule has 0 bridgehead atoms. The van der Waals surface area contributed by atoms with Crippen LogP contribution in [0.2, 0.25) is 0 Å². The van der Waals surface area contributed by atoms with E-state index in [9.17, 15) is 9.59 Å². The minimum absolute atomic E-state index is 0.0236. The van der Waals surface area contributed by atoms with Gasteiger partial charge in [-0.05, 0) is 37.6 Å². The van der Waals surface area contributed by atoms with Gasteiger partial charge in [0.15, 0.2) is 0 Å². The molecular weight excluding hydrogens is 338 g/mol. The molecular formula is C18H21N3O3S. The van der Waals surface area contributed by atoms with Crippen molar-refractivity contribution in [3.05, 3.63) is 40.3 Å². The van der Waals surface area contributed by atoms with Crippen LogP contribution in [0.1, 0.15) is 17.0 Å². The molecule has 2 heterocycles. The van der Waals surface area contributed by atoms with Gasteiger partial charge in [0.2, 0.25) is 11.8 Å². The quantitative estimate of drug-likeness (QED) is 0.822. The molecule has 2 aromatic rings. The van der Waals surface area contributed by atoms with E-state index in [1.54, 1.807) is 33.8 Å². The Labute approximate surface area is 151 Å². The maximum absolute atomic E-state index is 12.4. The van der Waals surface area contributed by atoms with Crippen molar-refractivity contribution in [1.82, 2.24) is 9.88 Å². The highest BCUT2D eigenvalue weighted by atomic mass is 32.1. The van der Waals surface area contributed by atoms with Crippen LogP contribution in [-0.4, -0.2) is 48.4 Å². The zero-order valence-electron chi connectivity index (χ0n) is 14.4. The smallest absolute Gasteiger partial charge is 0.246 e. The monoisotopic (exact) mass is 359 g/mol. The second-order valence-corrected chi connectivity index (χ2v) is 6.86. The number of anilines is 1. The third kappa shape index (κ3) is 3.99. The summed E-state index contributed by atoms with van der Waals surface area (Å²) in [5.41, 5.74) is 3.61. The highest BCUT2D eigenvalue weighted by molar-refractivity contribution is 7.09. The second-order valence-electron chi connectivity index (χ2n) is 5.92. The number of rotatable bonds is 5. The van der Waals surface area contributed by atoms with Gasteiger partial charge in [0.05, 0.1) is 18.3 Å². The topological polar surface area (TPSA) is 62.7 Å². The fourth-order valence-electron chi connectivity index (χ4n) is 2.87. The molecule has 0 atom stereocenters. The number of nitrogens with zero attached hydrogens (tertiary/aromatic N) is 3. The van der Waals surface area contributed by atoms with E-state index in [4.69, 9.17) is 4.74 Å². The van der Waals surface area contributed by atoms with Gasteiger partial charge in [-0.3, -0.25) is 9.59 Å². The van der Waals surface area contributed by atoms with Crippen LogP contribution in [0.4, 0.5) is 5.69 Å². The van der Waals surface area contributed by atoms with Crippen LogP contribution in [0.25, 0.3) is 0 Å². The summed E-state index contributed by atoms with van der Waals surface area (Å²) in [4.78, 5) is 33.5. The molecule has 132 valence electrons. The Morgan fingerprint density at radius 2 is 2.04 bits per heavy atom. The average molecular weight is 359 g/mol. The van der Waals surface area contributed by atoms with Crippen molar-refractivity contribution < 1.29 is 14.3 Å². The van der Waals surface area contributed by atoms with E-state index in [1.807, 2.05) is 31.2 Å². The molecule has 0 radical (unpaired) electrons. The molecule has 0 saturated carbocycles. The summed E-state index contributed by atoms with van der Waals surface area (Å²) < 4.78 is 5.14. The number of methoxy groups -OCH3 is 1. The number of hydrogen-bond donors (Lipinski definition) is 0. The van der Waals surface area contributed by atoms with Gasteiger partial charge in [-0.25, -0.2) is 4.98 Å². The van der Waals surface area contributed by atoms with Gasteiger partial charge in [-0.2, -0.15) is 0 Å². The Hall–Kier alpha value is -2.41. The zero-order valence-corrected chi connectivity index (χ0v) is 15.2. The lowest BCUT2D eigenvalue weighted by Gasteiger charge is -2.34. The number of aromatic nitrogens is 1. The average Bonchev–Trinajstić information content (AvgIpc) is 3.04. The molecule has 1 aliphatic heterocycles. The Bertz CT molecular complexity index is 757. The van der Waals surface area contributed by atoms with E-state index in [0.29, 0.717) is 25.9 Å². The summed E-state index contributed by atoms with van der Waals surface area (Å²) in [6.07, 6.45) is 1.10. The molecule has 6 nitrogen and oxygen atoms in total. The van der Waals surface area contributed by atoms with E-state index in [0.717, 1.165) is 22.0 Å². The molecule has 0 aliphatic carbocycles. The number of thiazole rings is 1. The fourth-order valence-corrected chi connectivity index (χ4v) is 3.65. The summed E-state index contributed by atoms with van der Waals surface area (Å²) in [7, 11) is 1.61.